The normalized spacial score (nSPS) is 10.7. The molecule has 1 atom stereocenters. The van der Waals surface area contributed by atoms with Crippen LogP contribution >= 0.6 is 9.90 Å². The van der Waals surface area contributed by atoms with E-state index in [0.717, 1.165) is 19.3 Å². The van der Waals surface area contributed by atoms with Crippen LogP contribution in [0.5, 0.6) is 5.75 Å². The third kappa shape index (κ3) is 7.14. The molecule has 0 aliphatic rings. The number of phenols is 1. The lowest BCUT2D eigenvalue weighted by Crippen LogP contribution is -2.07. The summed E-state index contributed by atoms with van der Waals surface area (Å²) in [4.78, 5) is 0. The molecule has 1 nitrogen and oxygen atoms in total. The second-order valence-electron chi connectivity index (χ2n) is 6.90. The van der Waals surface area contributed by atoms with Crippen molar-refractivity contribution in [2.24, 2.45) is 0 Å². The topological polar surface area (TPSA) is 20.2 Å². The molecular formula is C22H41OP. The quantitative estimate of drug-likeness (QED) is 0.409. The Bertz CT molecular complexity index is 454. The fourth-order valence-corrected chi connectivity index (χ4v) is 3.41. The number of hydrogen-bond acceptors (Lipinski definition) is 1. The Morgan fingerprint density at radius 1 is 0.625 bits per heavy atom. The van der Waals surface area contributed by atoms with Crippen LogP contribution in [0.4, 0.5) is 0 Å². The first kappa shape index (κ1) is 23.4. The van der Waals surface area contributed by atoms with E-state index in [2.05, 4.69) is 33.8 Å². The van der Waals surface area contributed by atoms with E-state index in [-0.39, 0.29) is 9.90 Å². The van der Waals surface area contributed by atoms with Crippen LogP contribution in [0.3, 0.4) is 0 Å². The third-order valence-corrected chi connectivity index (χ3v) is 4.88. The molecule has 0 bridgehead atoms. The van der Waals surface area contributed by atoms with Crippen molar-refractivity contribution in [3.8, 4) is 5.75 Å². The van der Waals surface area contributed by atoms with Crippen molar-refractivity contribution in [1.29, 1.82) is 0 Å². The van der Waals surface area contributed by atoms with Gasteiger partial charge in [0, 0.05) is 0 Å². The summed E-state index contributed by atoms with van der Waals surface area (Å²) in [6.07, 6.45) is 14.2. The Hall–Kier alpha value is -0.550. The fourth-order valence-electron chi connectivity index (χ4n) is 3.41. The first-order valence-electron chi connectivity index (χ1n) is 10.0. The predicted octanol–water partition coefficient (Wildman–Crippen LogP) is 6.82. The SMILES string of the molecule is CCCCc1cc(O)c(CCCC)c(CCCC)c1CCCC.P. The zero-order chi connectivity index (χ0) is 17.1. The summed E-state index contributed by atoms with van der Waals surface area (Å²) in [6, 6.07) is 2.10. The van der Waals surface area contributed by atoms with Gasteiger partial charge in [0.15, 0.2) is 0 Å². The van der Waals surface area contributed by atoms with Gasteiger partial charge in [-0.1, -0.05) is 53.4 Å². The highest BCUT2D eigenvalue weighted by Gasteiger charge is 2.16. The average Bonchev–Trinajstić information content (AvgIpc) is 2.56. The molecule has 0 saturated carbocycles. The van der Waals surface area contributed by atoms with E-state index in [1.807, 2.05) is 0 Å². The monoisotopic (exact) mass is 352 g/mol. The highest BCUT2D eigenvalue weighted by Crippen LogP contribution is 2.33. The molecule has 0 spiro atoms. The van der Waals surface area contributed by atoms with E-state index in [1.54, 1.807) is 5.56 Å². The number of aromatic hydroxyl groups is 1. The van der Waals surface area contributed by atoms with Crippen molar-refractivity contribution < 1.29 is 5.11 Å². The van der Waals surface area contributed by atoms with Crippen LogP contribution in [0.15, 0.2) is 6.07 Å². The summed E-state index contributed by atoms with van der Waals surface area (Å²) in [6.45, 7) is 9.02. The van der Waals surface area contributed by atoms with Crippen molar-refractivity contribution in [1.82, 2.24) is 0 Å². The Labute approximate surface area is 154 Å². The van der Waals surface area contributed by atoms with Gasteiger partial charge < -0.3 is 5.11 Å². The van der Waals surface area contributed by atoms with E-state index >= 15 is 0 Å². The van der Waals surface area contributed by atoms with Gasteiger partial charge in [-0.05, 0) is 79.7 Å². The maximum atomic E-state index is 10.6. The number of unbranched alkanes of at least 4 members (excludes halogenated alkanes) is 4. The number of aryl methyl sites for hydroxylation is 1. The number of phenolic OH excluding ortho intramolecular Hbond substituents is 1. The predicted molar refractivity (Wildman–Crippen MR) is 114 cm³/mol. The molecule has 1 rings (SSSR count). The second-order valence-corrected chi connectivity index (χ2v) is 6.90. The average molecular weight is 353 g/mol. The van der Waals surface area contributed by atoms with E-state index < -0.39 is 0 Å². The minimum Gasteiger partial charge on any atom is -0.508 e. The molecule has 24 heavy (non-hydrogen) atoms. The van der Waals surface area contributed by atoms with Crippen LogP contribution in [0, 0.1) is 0 Å². The van der Waals surface area contributed by atoms with Crippen LogP contribution in [0.25, 0.3) is 0 Å². The second kappa shape index (κ2) is 13.7. The summed E-state index contributed by atoms with van der Waals surface area (Å²) in [5, 5.41) is 10.6. The lowest BCUT2D eigenvalue weighted by Gasteiger charge is -2.21. The number of rotatable bonds is 12. The van der Waals surface area contributed by atoms with Gasteiger partial charge in [0.1, 0.15) is 5.75 Å². The molecule has 140 valence electrons. The molecule has 1 N–H and O–H groups in total. The van der Waals surface area contributed by atoms with Crippen LogP contribution in [-0.4, -0.2) is 5.11 Å². The largest absolute Gasteiger partial charge is 0.508 e. The smallest absolute Gasteiger partial charge is 0.119 e. The summed E-state index contributed by atoms with van der Waals surface area (Å²) < 4.78 is 0. The van der Waals surface area contributed by atoms with Crippen molar-refractivity contribution in [3.63, 3.8) is 0 Å². The zero-order valence-electron chi connectivity index (χ0n) is 16.7. The van der Waals surface area contributed by atoms with Crippen molar-refractivity contribution >= 4 is 9.90 Å². The van der Waals surface area contributed by atoms with Gasteiger partial charge in [0.25, 0.3) is 0 Å². The van der Waals surface area contributed by atoms with E-state index in [1.165, 1.54) is 74.5 Å². The molecule has 0 heterocycles. The number of hydrogen-bond donors (Lipinski definition) is 1. The first-order chi connectivity index (χ1) is 11.2. The van der Waals surface area contributed by atoms with E-state index in [4.69, 9.17) is 0 Å². The highest BCUT2D eigenvalue weighted by atomic mass is 31.0. The van der Waals surface area contributed by atoms with Crippen LogP contribution in [0.1, 0.15) is 101 Å². The molecule has 0 aliphatic heterocycles. The maximum Gasteiger partial charge on any atom is 0.119 e. The molecule has 1 aromatic carbocycles. The molecule has 0 aliphatic carbocycles. The van der Waals surface area contributed by atoms with Gasteiger partial charge in [-0.25, -0.2) is 0 Å². The van der Waals surface area contributed by atoms with Gasteiger partial charge in [0.2, 0.25) is 0 Å². The molecule has 1 unspecified atom stereocenters. The Kier molecular flexibility index (Phi) is 13.4. The summed E-state index contributed by atoms with van der Waals surface area (Å²) in [5.41, 5.74) is 5.76. The van der Waals surface area contributed by atoms with Crippen LogP contribution in [-0.2, 0) is 25.7 Å². The molecule has 0 aromatic heterocycles. The molecule has 0 radical (unpaired) electrons. The molecule has 0 fully saturated rings. The summed E-state index contributed by atoms with van der Waals surface area (Å²) in [7, 11) is 0. The molecule has 2 heteroatoms. The van der Waals surface area contributed by atoms with Gasteiger partial charge in [-0.3, -0.25) is 0 Å². The van der Waals surface area contributed by atoms with Gasteiger partial charge in [0.05, 0.1) is 0 Å². The van der Waals surface area contributed by atoms with E-state index in [0.29, 0.717) is 5.75 Å². The van der Waals surface area contributed by atoms with Gasteiger partial charge in [-0.15, -0.1) is 0 Å². The lowest BCUT2D eigenvalue weighted by atomic mass is 9.85. The first-order valence-corrected chi connectivity index (χ1v) is 10.0. The third-order valence-electron chi connectivity index (χ3n) is 4.88. The minimum absolute atomic E-state index is 0. The van der Waals surface area contributed by atoms with Crippen molar-refractivity contribution in [2.75, 3.05) is 0 Å². The standard InChI is InChI=1S/C22H38O.H3P/c1-5-9-13-18-17-22(23)21(16-12-8-4)20(15-11-7-3)19(18)14-10-6-2;/h17,23H,5-16H2,1-4H3;1H3. The number of benzene rings is 1. The van der Waals surface area contributed by atoms with Gasteiger partial charge >= 0.3 is 0 Å². The molecule has 1 aromatic rings. The minimum atomic E-state index is 0. The molecular weight excluding hydrogens is 311 g/mol. The fraction of sp³-hybridized carbons (Fsp3) is 0.727. The Balaban J connectivity index is 0.00000529. The van der Waals surface area contributed by atoms with Crippen LogP contribution in [0.2, 0.25) is 0 Å². The van der Waals surface area contributed by atoms with Crippen LogP contribution < -0.4 is 0 Å². The van der Waals surface area contributed by atoms with Crippen molar-refractivity contribution in [3.05, 3.63) is 28.3 Å². The zero-order valence-corrected chi connectivity index (χ0v) is 18.1. The highest BCUT2D eigenvalue weighted by molar-refractivity contribution is 6.92. The Morgan fingerprint density at radius 2 is 1.04 bits per heavy atom. The molecule has 0 amide bonds. The van der Waals surface area contributed by atoms with Gasteiger partial charge in [-0.2, -0.15) is 9.90 Å². The van der Waals surface area contributed by atoms with E-state index in [9.17, 15) is 5.11 Å². The molecule has 0 saturated heterocycles. The maximum absolute atomic E-state index is 10.6. The summed E-state index contributed by atoms with van der Waals surface area (Å²) >= 11 is 0. The Morgan fingerprint density at radius 3 is 1.54 bits per heavy atom. The van der Waals surface area contributed by atoms with Crippen molar-refractivity contribution in [2.45, 2.75) is 105 Å². The lowest BCUT2D eigenvalue weighted by molar-refractivity contribution is 0.463. The summed E-state index contributed by atoms with van der Waals surface area (Å²) in [5.74, 6) is 0.566.